The molecule has 0 unspecified atom stereocenters. The van der Waals surface area contributed by atoms with E-state index < -0.39 is 0 Å². The van der Waals surface area contributed by atoms with Gasteiger partial charge in [-0.3, -0.25) is 9.59 Å². The Bertz CT molecular complexity index is 1170. The minimum Gasteiger partial charge on any atom is -0.345 e. The number of carbonyl (C=O) groups excluding carboxylic acids is 2. The molecule has 7 nitrogen and oxygen atoms in total. The summed E-state index contributed by atoms with van der Waals surface area (Å²) in [6.45, 7) is 10.4. The first-order chi connectivity index (χ1) is 15.8. The van der Waals surface area contributed by atoms with E-state index in [0.29, 0.717) is 23.1 Å². The van der Waals surface area contributed by atoms with Gasteiger partial charge in [0.2, 0.25) is 5.91 Å². The van der Waals surface area contributed by atoms with E-state index in [-0.39, 0.29) is 24.1 Å². The van der Waals surface area contributed by atoms with Crippen molar-refractivity contribution < 1.29 is 9.59 Å². The van der Waals surface area contributed by atoms with Crippen molar-refractivity contribution in [1.29, 1.82) is 0 Å². The largest absolute Gasteiger partial charge is 0.345 e. The smallest absolute Gasteiger partial charge is 0.251 e. The molecule has 0 aliphatic carbocycles. The molecule has 33 heavy (non-hydrogen) atoms. The molecule has 1 aromatic heterocycles. The maximum absolute atomic E-state index is 12.5. The minimum absolute atomic E-state index is 0.132. The molecule has 2 N–H and O–H groups in total. The van der Waals surface area contributed by atoms with E-state index in [1.807, 2.05) is 49.6 Å². The zero-order valence-electron chi connectivity index (χ0n) is 18.8. The summed E-state index contributed by atoms with van der Waals surface area (Å²) >= 11 is 4.79. The summed E-state index contributed by atoms with van der Waals surface area (Å²) in [5, 5.41) is 14.8. The molecule has 0 aliphatic rings. The van der Waals surface area contributed by atoms with Crippen LogP contribution in [0.3, 0.4) is 0 Å². The normalized spacial score (nSPS) is 10.7. The molecule has 2 aromatic carbocycles. The van der Waals surface area contributed by atoms with Crippen LogP contribution in [0.15, 0.2) is 58.7 Å². The number of halogens is 1. The van der Waals surface area contributed by atoms with Crippen LogP contribution in [0.4, 0.5) is 5.69 Å². The van der Waals surface area contributed by atoms with Gasteiger partial charge in [0, 0.05) is 22.3 Å². The summed E-state index contributed by atoms with van der Waals surface area (Å²) in [6.07, 6.45) is 1.73. The van der Waals surface area contributed by atoms with Crippen molar-refractivity contribution in [3.8, 4) is 0 Å². The molecule has 0 aliphatic heterocycles. The predicted octanol–water partition coefficient (Wildman–Crippen LogP) is 4.81. The van der Waals surface area contributed by atoms with Crippen LogP contribution in [-0.4, -0.2) is 32.3 Å². The first-order valence-electron chi connectivity index (χ1n) is 10.4. The van der Waals surface area contributed by atoms with Crippen LogP contribution in [0.1, 0.15) is 32.9 Å². The lowest BCUT2D eigenvalue weighted by Gasteiger charge is -2.12. The third-order valence-electron chi connectivity index (χ3n) is 5.15. The van der Waals surface area contributed by atoms with Gasteiger partial charge in [-0.1, -0.05) is 51.5 Å². The van der Waals surface area contributed by atoms with Crippen LogP contribution >= 0.6 is 27.7 Å². The van der Waals surface area contributed by atoms with E-state index >= 15 is 0 Å². The number of hydrogen-bond donors (Lipinski definition) is 2. The summed E-state index contributed by atoms with van der Waals surface area (Å²) in [7, 11) is 0. The van der Waals surface area contributed by atoms with E-state index in [0.717, 1.165) is 26.9 Å². The summed E-state index contributed by atoms with van der Waals surface area (Å²) < 4.78 is 2.85. The Morgan fingerprint density at radius 3 is 2.52 bits per heavy atom. The SMILES string of the molecule is C=CCn1c(CNC(=O)c2ccc(C)cc2)nnc1SCC(=O)Nc1ccc(Br)c(C)c1C. The number of hydrogen-bond acceptors (Lipinski definition) is 5. The number of carbonyl (C=O) groups is 2. The van der Waals surface area contributed by atoms with Crippen molar-refractivity contribution in [3.63, 3.8) is 0 Å². The van der Waals surface area contributed by atoms with Gasteiger partial charge in [-0.15, -0.1) is 16.8 Å². The number of nitrogens with zero attached hydrogens (tertiary/aromatic N) is 3. The number of thioether (sulfide) groups is 1. The van der Waals surface area contributed by atoms with Crippen LogP contribution in [0, 0.1) is 20.8 Å². The Balaban J connectivity index is 1.62. The number of rotatable bonds is 9. The van der Waals surface area contributed by atoms with Crippen molar-refractivity contribution in [3.05, 3.63) is 81.6 Å². The molecule has 0 bridgehead atoms. The second-order valence-corrected chi connectivity index (χ2v) is 9.33. The number of benzene rings is 2. The molecule has 172 valence electrons. The number of anilines is 1. The second-order valence-electron chi connectivity index (χ2n) is 7.53. The summed E-state index contributed by atoms with van der Waals surface area (Å²) in [6, 6.07) is 11.2. The molecular weight excluding hydrogens is 502 g/mol. The number of nitrogens with one attached hydrogen (secondary N) is 2. The number of aryl methyl sites for hydroxylation is 1. The zero-order valence-corrected chi connectivity index (χ0v) is 21.2. The molecule has 0 saturated carbocycles. The van der Waals surface area contributed by atoms with Gasteiger partial charge >= 0.3 is 0 Å². The monoisotopic (exact) mass is 527 g/mol. The number of allylic oxidation sites excluding steroid dienone is 1. The lowest BCUT2D eigenvalue weighted by atomic mass is 10.1. The molecule has 1 heterocycles. The zero-order chi connectivity index (χ0) is 24.0. The van der Waals surface area contributed by atoms with E-state index in [9.17, 15) is 9.59 Å². The number of aromatic nitrogens is 3. The highest BCUT2D eigenvalue weighted by atomic mass is 79.9. The summed E-state index contributed by atoms with van der Waals surface area (Å²) in [4.78, 5) is 24.9. The lowest BCUT2D eigenvalue weighted by molar-refractivity contribution is -0.113. The Morgan fingerprint density at radius 2 is 1.82 bits per heavy atom. The molecule has 0 fully saturated rings. The first kappa shape index (κ1) is 24.7. The third-order valence-corrected chi connectivity index (χ3v) is 6.98. The molecule has 9 heteroatoms. The summed E-state index contributed by atoms with van der Waals surface area (Å²) in [5.41, 5.74) is 4.56. The van der Waals surface area contributed by atoms with Crippen molar-refractivity contribution in [2.24, 2.45) is 0 Å². The molecule has 0 saturated heterocycles. The highest BCUT2D eigenvalue weighted by Gasteiger charge is 2.15. The van der Waals surface area contributed by atoms with Gasteiger partial charge in [-0.05, 0) is 56.2 Å². The van der Waals surface area contributed by atoms with Crippen LogP contribution in [-0.2, 0) is 17.9 Å². The van der Waals surface area contributed by atoms with Crippen molar-refractivity contribution in [2.75, 3.05) is 11.1 Å². The molecule has 0 radical (unpaired) electrons. The van der Waals surface area contributed by atoms with E-state index in [1.165, 1.54) is 11.8 Å². The molecule has 3 rings (SSSR count). The van der Waals surface area contributed by atoms with Gasteiger partial charge in [0.25, 0.3) is 5.91 Å². The minimum atomic E-state index is -0.183. The van der Waals surface area contributed by atoms with Gasteiger partial charge in [0.15, 0.2) is 11.0 Å². The van der Waals surface area contributed by atoms with Gasteiger partial charge < -0.3 is 15.2 Å². The van der Waals surface area contributed by atoms with Crippen molar-refractivity contribution in [2.45, 2.75) is 39.0 Å². The standard InChI is InChI=1S/C24H26BrN5O2S/c1-5-12-30-21(13-26-23(32)18-8-6-15(2)7-9-18)28-29-24(30)33-14-22(31)27-20-11-10-19(25)16(3)17(20)4/h5-11H,1,12-14H2,2-4H3,(H,26,32)(H,27,31). The van der Waals surface area contributed by atoms with Gasteiger partial charge in [0.1, 0.15) is 0 Å². The van der Waals surface area contributed by atoms with Crippen molar-refractivity contribution >= 4 is 45.2 Å². The highest BCUT2D eigenvalue weighted by molar-refractivity contribution is 9.10. The maximum atomic E-state index is 12.5. The quantitative estimate of drug-likeness (QED) is 0.307. The van der Waals surface area contributed by atoms with Crippen LogP contribution in [0.25, 0.3) is 0 Å². The third kappa shape index (κ3) is 6.33. The fourth-order valence-corrected chi connectivity index (χ4v) is 4.27. The number of amides is 2. The molecule has 0 atom stereocenters. The second kappa shape index (κ2) is 11.3. The van der Waals surface area contributed by atoms with E-state index in [1.54, 1.807) is 18.2 Å². The van der Waals surface area contributed by atoms with E-state index in [2.05, 4.69) is 43.3 Å². The maximum Gasteiger partial charge on any atom is 0.251 e. The Labute approximate surface area is 206 Å². The lowest BCUT2D eigenvalue weighted by Crippen LogP contribution is -2.24. The van der Waals surface area contributed by atoms with Gasteiger partial charge in [-0.25, -0.2) is 0 Å². The van der Waals surface area contributed by atoms with Gasteiger partial charge in [-0.2, -0.15) is 0 Å². The Morgan fingerprint density at radius 1 is 1.09 bits per heavy atom. The average molecular weight is 528 g/mol. The van der Waals surface area contributed by atoms with Gasteiger partial charge in [0.05, 0.1) is 12.3 Å². The fraction of sp³-hybridized carbons (Fsp3) is 0.250. The summed E-state index contributed by atoms with van der Waals surface area (Å²) in [5.74, 6) is 0.460. The van der Waals surface area contributed by atoms with Crippen LogP contribution in [0.2, 0.25) is 0 Å². The van der Waals surface area contributed by atoms with Crippen molar-refractivity contribution in [1.82, 2.24) is 20.1 Å². The fourth-order valence-electron chi connectivity index (χ4n) is 3.07. The topological polar surface area (TPSA) is 88.9 Å². The predicted molar refractivity (Wildman–Crippen MR) is 136 cm³/mol. The molecule has 3 aromatic rings. The highest BCUT2D eigenvalue weighted by Crippen LogP contribution is 2.26. The molecule has 2 amide bonds. The first-order valence-corrected chi connectivity index (χ1v) is 12.1. The van der Waals surface area contributed by atoms with Crippen LogP contribution in [0.5, 0.6) is 0 Å². The average Bonchev–Trinajstić information content (AvgIpc) is 3.18. The Kier molecular flexibility index (Phi) is 8.46. The van der Waals surface area contributed by atoms with Crippen LogP contribution < -0.4 is 10.6 Å². The molecule has 0 spiro atoms. The Hall–Kier alpha value is -2.91. The molecular formula is C24H26BrN5O2S. The van der Waals surface area contributed by atoms with E-state index in [4.69, 9.17) is 0 Å².